The zero-order valence-electron chi connectivity index (χ0n) is 16.2. The Labute approximate surface area is 165 Å². The van der Waals surface area contributed by atoms with Crippen LogP contribution in [0.1, 0.15) is 97.3 Å². The summed E-state index contributed by atoms with van der Waals surface area (Å²) in [6.07, 6.45) is 22.1. The predicted molar refractivity (Wildman–Crippen MR) is 115 cm³/mol. The molecule has 0 bridgehead atoms. The molecule has 2 nitrogen and oxygen atoms in total. The largest absolute Gasteiger partial charge is 0.353 e. The summed E-state index contributed by atoms with van der Waals surface area (Å²) >= 11 is 2.43. The van der Waals surface area contributed by atoms with E-state index in [0.29, 0.717) is 0 Å². The van der Waals surface area contributed by atoms with Crippen molar-refractivity contribution in [3.8, 4) is 0 Å². The first-order chi connectivity index (χ1) is 11.8. The lowest BCUT2D eigenvalue weighted by molar-refractivity contribution is -0.140. The average Bonchev–Trinajstić information content (AvgIpc) is 2.58. The van der Waals surface area contributed by atoms with Gasteiger partial charge in [0, 0.05) is 17.6 Å². The van der Waals surface area contributed by atoms with Crippen molar-refractivity contribution < 1.29 is 9.47 Å². The summed E-state index contributed by atoms with van der Waals surface area (Å²) in [5.41, 5.74) is 0. The highest BCUT2D eigenvalue weighted by Gasteiger charge is 2.06. The van der Waals surface area contributed by atoms with Gasteiger partial charge in [0.1, 0.15) is 0 Å². The van der Waals surface area contributed by atoms with Gasteiger partial charge in [-0.2, -0.15) is 0 Å². The summed E-state index contributed by atoms with van der Waals surface area (Å²) < 4.78 is 12.4. The highest BCUT2D eigenvalue weighted by Crippen LogP contribution is 2.14. The number of hydrogen-bond donors (Lipinski definition) is 0. The maximum atomic E-state index is 5.57. The van der Waals surface area contributed by atoms with Crippen LogP contribution in [-0.2, 0) is 9.47 Å². The number of alkyl halides is 1. The molecule has 0 aromatic carbocycles. The van der Waals surface area contributed by atoms with Crippen molar-refractivity contribution in [2.24, 2.45) is 0 Å². The SMILES string of the molecule is CCOC(CCCCCCCCCCCC/C=C/CCI)OCC. The summed E-state index contributed by atoms with van der Waals surface area (Å²) in [6, 6.07) is 0. The first-order valence-corrected chi connectivity index (χ1v) is 11.8. The van der Waals surface area contributed by atoms with Crippen LogP contribution in [0, 0.1) is 0 Å². The number of rotatable bonds is 19. The molecule has 0 aliphatic heterocycles. The molecule has 0 aliphatic rings. The van der Waals surface area contributed by atoms with Gasteiger partial charge in [-0.3, -0.25) is 0 Å². The van der Waals surface area contributed by atoms with E-state index in [9.17, 15) is 0 Å². The molecule has 0 amide bonds. The van der Waals surface area contributed by atoms with E-state index in [0.717, 1.165) is 19.6 Å². The molecule has 0 radical (unpaired) electrons. The molecule has 0 aliphatic carbocycles. The third-order valence-corrected chi connectivity index (χ3v) is 4.83. The van der Waals surface area contributed by atoms with E-state index >= 15 is 0 Å². The zero-order valence-corrected chi connectivity index (χ0v) is 18.4. The van der Waals surface area contributed by atoms with E-state index in [1.54, 1.807) is 0 Å². The van der Waals surface area contributed by atoms with Crippen LogP contribution < -0.4 is 0 Å². The van der Waals surface area contributed by atoms with Gasteiger partial charge in [-0.25, -0.2) is 0 Å². The van der Waals surface area contributed by atoms with Crippen molar-refractivity contribution in [1.29, 1.82) is 0 Å². The van der Waals surface area contributed by atoms with Gasteiger partial charge in [-0.05, 0) is 46.0 Å². The number of allylic oxidation sites excluding steroid dienone is 2. The molecule has 0 saturated carbocycles. The van der Waals surface area contributed by atoms with Crippen LogP contribution in [0.25, 0.3) is 0 Å². The second kappa shape index (κ2) is 21.4. The summed E-state index contributed by atoms with van der Waals surface area (Å²) in [5, 5.41) is 0. The van der Waals surface area contributed by atoms with E-state index in [1.165, 1.54) is 81.5 Å². The Hall–Kier alpha value is 0.390. The standard InChI is InChI=1S/C21H41IO2/c1-3-23-21(24-4-2)19-17-15-13-11-9-7-5-6-8-10-12-14-16-18-20-22/h14,16,21H,3-13,15,17-20H2,1-2H3/b16-14+. The third-order valence-electron chi connectivity index (χ3n) is 4.21. The molecule has 0 atom stereocenters. The molecule has 144 valence electrons. The van der Waals surface area contributed by atoms with Crippen molar-refractivity contribution >= 4 is 22.6 Å². The maximum absolute atomic E-state index is 5.57. The van der Waals surface area contributed by atoms with Gasteiger partial charge in [-0.1, -0.05) is 86.1 Å². The van der Waals surface area contributed by atoms with Crippen LogP contribution >= 0.6 is 22.6 Å². The van der Waals surface area contributed by atoms with Gasteiger partial charge in [0.15, 0.2) is 6.29 Å². The molecule has 0 unspecified atom stereocenters. The first kappa shape index (κ1) is 24.4. The van der Waals surface area contributed by atoms with E-state index in [1.807, 2.05) is 13.8 Å². The Morgan fingerprint density at radius 3 is 1.62 bits per heavy atom. The third kappa shape index (κ3) is 18.7. The van der Waals surface area contributed by atoms with Gasteiger partial charge >= 0.3 is 0 Å². The van der Waals surface area contributed by atoms with E-state index in [-0.39, 0.29) is 6.29 Å². The number of halogens is 1. The Balaban J connectivity index is 3.19. The molecule has 0 fully saturated rings. The molecular formula is C21H41IO2. The summed E-state index contributed by atoms with van der Waals surface area (Å²) in [4.78, 5) is 0. The lowest BCUT2D eigenvalue weighted by Gasteiger charge is -2.16. The fourth-order valence-corrected chi connectivity index (χ4v) is 3.23. The molecule has 0 saturated heterocycles. The van der Waals surface area contributed by atoms with Crippen molar-refractivity contribution in [2.45, 2.75) is 104 Å². The maximum Gasteiger partial charge on any atom is 0.157 e. The molecule has 0 aromatic rings. The lowest BCUT2D eigenvalue weighted by atomic mass is 10.0. The second-order valence-electron chi connectivity index (χ2n) is 6.40. The Kier molecular flexibility index (Phi) is 21.8. The van der Waals surface area contributed by atoms with Crippen LogP contribution in [0.4, 0.5) is 0 Å². The van der Waals surface area contributed by atoms with Gasteiger partial charge in [0.05, 0.1) is 0 Å². The topological polar surface area (TPSA) is 18.5 Å². The molecule has 0 spiro atoms. The molecule has 3 heteroatoms. The summed E-state index contributed by atoms with van der Waals surface area (Å²) in [6.45, 7) is 5.57. The number of unbranched alkanes of at least 4 members (excludes halogenated alkanes) is 10. The van der Waals surface area contributed by atoms with Crippen LogP contribution in [0.2, 0.25) is 0 Å². The summed E-state index contributed by atoms with van der Waals surface area (Å²) in [7, 11) is 0. The van der Waals surface area contributed by atoms with Gasteiger partial charge in [0.2, 0.25) is 0 Å². The van der Waals surface area contributed by atoms with Gasteiger partial charge < -0.3 is 9.47 Å². The fourth-order valence-electron chi connectivity index (χ4n) is 2.87. The Bertz CT molecular complexity index is 250. The minimum atomic E-state index is 0.0245. The summed E-state index contributed by atoms with van der Waals surface area (Å²) in [5.74, 6) is 0. The molecule has 0 heterocycles. The normalized spacial score (nSPS) is 11.8. The predicted octanol–water partition coefficient (Wildman–Crippen LogP) is 7.45. The Morgan fingerprint density at radius 1 is 0.667 bits per heavy atom. The van der Waals surface area contributed by atoms with E-state index < -0.39 is 0 Å². The van der Waals surface area contributed by atoms with Crippen LogP contribution in [0.15, 0.2) is 12.2 Å². The van der Waals surface area contributed by atoms with Crippen molar-refractivity contribution in [3.05, 3.63) is 12.2 Å². The highest BCUT2D eigenvalue weighted by molar-refractivity contribution is 14.1. The van der Waals surface area contributed by atoms with Crippen LogP contribution in [-0.4, -0.2) is 23.9 Å². The molecule has 0 rings (SSSR count). The quantitative estimate of drug-likeness (QED) is 0.0666. The van der Waals surface area contributed by atoms with Crippen LogP contribution in [0.5, 0.6) is 0 Å². The average molecular weight is 452 g/mol. The minimum Gasteiger partial charge on any atom is -0.353 e. The van der Waals surface area contributed by atoms with E-state index in [4.69, 9.17) is 9.47 Å². The number of ether oxygens (including phenoxy) is 2. The van der Waals surface area contributed by atoms with Crippen LogP contribution in [0.3, 0.4) is 0 Å². The minimum absolute atomic E-state index is 0.0245. The molecule has 0 aromatic heterocycles. The second-order valence-corrected chi connectivity index (χ2v) is 7.48. The molecule has 0 N–H and O–H groups in total. The number of hydrogen-bond acceptors (Lipinski definition) is 2. The van der Waals surface area contributed by atoms with Crippen molar-refractivity contribution in [2.75, 3.05) is 17.6 Å². The van der Waals surface area contributed by atoms with E-state index in [2.05, 4.69) is 34.7 Å². The van der Waals surface area contributed by atoms with Crippen molar-refractivity contribution in [3.63, 3.8) is 0 Å². The highest BCUT2D eigenvalue weighted by atomic mass is 127. The first-order valence-electron chi connectivity index (χ1n) is 10.3. The smallest absolute Gasteiger partial charge is 0.157 e. The fraction of sp³-hybridized carbons (Fsp3) is 0.905. The van der Waals surface area contributed by atoms with Gasteiger partial charge in [-0.15, -0.1) is 0 Å². The zero-order chi connectivity index (χ0) is 17.7. The van der Waals surface area contributed by atoms with Crippen molar-refractivity contribution in [1.82, 2.24) is 0 Å². The molecular weight excluding hydrogens is 411 g/mol. The molecule has 24 heavy (non-hydrogen) atoms. The Morgan fingerprint density at radius 2 is 1.12 bits per heavy atom. The lowest BCUT2D eigenvalue weighted by Crippen LogP contribution is -2.17. The van der Waals surface area contributed by atoms with Gasteiger partial charge in [0.25, 0.3) is 0 Å². The monoisotopic (exact) mass is 452 g/mol.